The Morgan fingerprint density at radius 1 is 1.61 bits per heavy atom. The minimum Gasteiger partial charge on any atom is -0.463 e. The molecule has 2 atom stereocenters. The van der Waals surface area contributed by atoms with Crippen molar-refractivity contribution in [2.45, 2.75) is 45.2 Å². The van der Waals surface area contributed by atoms with E-state index in [9.17, 15) is 4.79 Å². The molecule has 0 unspecified atom stereocenters. The Morgan fingerprint density at radius 3 is 3.22 bits per heavy atom. The van der Waals surface area contributed by atoms with E-state index in [4.69, 9.17) is 4.74 Å². The van der Waals surface area contributed by atoms with E-state index in [0.717, 1.165) is 37.2 Å². The molecule has 4 nitrogen and oxygen atoms in total. The Morgan fingerprint density at radius 2 is 2.44 bits per heavy atom. The highest BCUT2D eigenvalue weighted by atomic mass is 16.5. The number of carbonyl (C=O) groups excluding carboxylic acids is 1. The summed E-state index contributed by atoms with van der Waals surface area (Å²) in [6.07, 6.45) is 4.60. The van der Waals surface area contributed by atoms with E-state index < -0.39 is 0 Å². The highest BCUT2D eigenvalue weighted by Gasteiger charge is 2.50. The first-order valence-electron chi connectivity index (χ1n) is 7.08. The van der Waals surface area contributed by atoms with Crippen LogP contribution >= 0.6 is 0 Å². The fourth-order valence-corrected chi connectivity index (χ4v) is 4.07. The molecule has 100 valence electrons. The molecular weight excluding hydrogens is 228 g/mol. The van der Waals surface area contributed by atoms with Gasteiger partial charge >= 0.3 is 5.97 Å². The van der Waals surface area contributed by atoms with Crippen LogP contribution < -0.4 is 5.32 Å². The SMILES string of the molecule is CCOC(=O)C1=C(C)N2CCN[C@@]23CCC[C@H]1C3. The van der Waals surface area contributed by atoms with Gasteiger partial charge in [-0.1, -0.05) is 0 Å². The van der Waals surface area contributed by atoms with Crippen molar-refractivity contribution in [2.75, 3.05) is 19.7 Å². The van der Waals surface area contributed by atoms with Crippen LogP contribution in [0, 0.1) is 5.92 Å². The summed E-state index contributed by atoms with van der Waals surface area (Å²) in [6.45, 7) is 6.47. The lowest BCUT2D eigenvalue weighted by molar-refractivity contribution is -0.140. The second kappa shape index (κ2) is 4.26. The highest BCUT2D eigenvalue weighted by molar-refractivity contribution is 5.90. The summed E-state index contributed by atoms with van der Waals surface area (Å²) in [7, 11) is 0. The average molecular weight is 250 g/mol. The number of rotatable bonds is 2. The van der Waals surface area contributed by atoms with E-state index >= 15 is 0 Å². The number of fused-ring (bicyclic) bond motifs is 1. The van der Waals surface area contributed by atoms with E-state index in [0.29, 0.717) is 12.5 Å². The molecule has 2 aliphatic heterocycles. The van der Waals surface area contributed by atoms with Gasteiger partial charge in [-0.2, -0.15) is 0 Å². The van der Waals surface area contributed by atoms with Crippen molar-refractivity contribution in [3.8, 4) is 0 Å². The summed E-state index contributed by atoms with van der Waals surface area (Å²) in [4.78, 5) is 14.6. The summed E-state index contributed by atoms with van der Waals surface area (Å²) in [5.74, 6) is 0.294. The molecule has 0 aromatic rings. The van der Waals surface area contributed by atoms with Crippen molar-refractivity contribution in [3.63, 3.8) is 0 Å². The molecule has 3 rings (SSSR count). The minimum absolute atomic E-state index is 0.0950. The Bertz CT molecular complexity index is 405. The molecule has 0 aromatic heterocycles. The summed E-state index contributed by atoms with van der Waals surface area (Å²) >= 11 is 0. The van der Waals surface area contributed by atoms with Crippen LogP contribution in [-0.2, 0) is 9.53 Å². The molecule has 2 heterocycles. The second-order valence-corrected chi connectivity index (χ2v) is 5.62. The van der Waals surface area contributed by atoms with Crippen LogP contribution in [0.1, 0.15) is 39.5 Å². The molecule has 1 saturated heterocycles. The average Bonchev–Trinajstić information content (AvgIpc) is 2.73. The predicted molar refractivity (Wildman–Crippen MR) is 68.7 cm³/mol. The zero-order valence-electron chi connectivity index (χ0n) is 11.3. The third-order valence-electron chi connectivity index (χ3n) is 4.73. The fraction of sp³-hybridized carbons (Fsp3) is 0.786. The highest BCUT2D eigenvalue weighted by Crippen LogP contribution is 2.47. The molecule has 0 amide bonds. The van der Waals surface area contributed by atoms with Crippen LogP contribution in [0.5, 0.6) is 0 Å². The Balaban J connectivity index is 1.99. The first kappa shape index (κ1) is 12.0. The van der Waals surface area contributed by atoms with Crippen LogP contribution in [0.3, 0.4) is 0 Å². The molecule has 2 fully saturated rings. The molecular formula is C14H22N2O2. The second-order valence-electron chi connectivity index (χ2n) is 5.62. The summed E-state index contributed by atoms with van der Waals surface area (Å²) in [5.41, 5.74) is 2.23. The van der Waals surface area contributed by atoms with Crippen LogP contribution in [-0.4, -0.2) is 36.2 Å². The van der Waals surface area contributed by atoms with Crippen LogP contribution in [0.25, 0.3) is 0 Å². The zero-order chi connectivity index (χ0) is 12.8. The molecule has 2 bridgehead atoms. The van der Waals surface area contributed by atoms with Crippen molar-refractivity contribution < 1.29 is 9.53 Å². The number of hydrogen-bond donors (Lipinski definition) is 1. The van der Waals surface area contributed by atoms with Gasteiger partial charge in [-0.05, 0) is 45.4 Å². The van der Waals surface area contributed by atoms with Gasteiger partial charge in [0.1, 0.15) is 0 Å². The van der Waals surface area contributed by atoms with Gasteiger partial charge in [0.25, 0.3) is 0 Å². The molecule has 18 heavy (non-hydrogen) atoms. The lowest BCUT2D eigenvalue weighted by Crippen LogP contribution is -2.57. The third kappa shape index (κ3) is 1.58. The maximum absolute atomic E-state index is 12.2. The molecule has 1 saturated carbocycles. The van der Waals surface area contributed by atoms with Crippen molar-refractivity contribution in [3.05, 3.63) is 11.3 Å². The number of allylic oxidation sites excluding steroid dienone is 1. The summed E-state index contributed by atoms with van der Waals surface area (Å²) in [6, 6.07) is 0. The number of carbonyl (C=O) groups is 1. The third-order valence-corrected chi connectivity index (χ3v) is 4.73. The number of esters is 1. The Hall–Kier alpha value is -1.03. The molecule has 0 radical (unpaired) electrons. The van der Waals surface area contributed by atoms with Gasteiger partial charge in [0.05, 0.1) is 17.8 Å². The zero-order valence-corrected chi connectivity index (χ0v) is 11.3. The Labute approximate surface area is 108 Å². The summed E-state index contributed by atoms with van der Waals surface area (Å²) < 4.78 is 5.25. The van der Waals surface area contributed by atoms with Crippen LogP contribution in [0.2, 0.25) is 0 Å². The normalized spacial score (nSPS) is 34.6. The summed E-state index contributed by atoms with van der Waals surface area (Å²) in [5, 5.41) is 3.66. The van der Waals surface area contributed by atoms with Crippen molar-refractivity contribution in [1.29, 1.82) is 0 Å². The van der Waals surface area contributed by atoms with E-state index in [1.54, 1.807) is 0 Å². The maximum atomic E-state index is 12.2. The fourth-order valence-electron chi connectivity index (χ4n) is 4.07. The van der Waals surface area contributed by atoms with Gasteiger partial charge in [-0.3, -0.25) is 5.32 Å². The topological polar surface area (TPSA) is 41.6 Å². The van der Waals surface area contributed by atoms with Gasteiger partial charge in [-0.15, -0.1) is 0 Å². The first-order valence-corrected chi connectivity index (χ1v) is 7.08. The van der Waals surface area contributed by atoms with Gasteiger partial charge in [0, 0.05) is 18.8 Å². The maximum Gasteiger partial charge on any atom is 0.336 e. The standard InChI is InChI=1S/C14H22N2O2/c1-3-18-13(17)12-10(2)16-8-7-15-14(16)6-4-5-11(12)9-14/h11,15H,3-9H2,1-2H3/t11-,14-/m0/s1. The van der Waals surface area contributed by atoms with E-state index in [1.165, 1.54) is 12.8 Å². The monoisotopic (exact) mass is 250 g/mol. The lowest BCUT2D eigenvalue weighted by atomic mass is 9.73. The van der Waals surface area contributed by atoms with E-state index in [2.05, 4.69) is 17.1 Å². The number of nitrogens with one attached hydrogen (secondary N) is 1. The number of nitrogens with zero attached hydrogens (tertiary/aromatic N) is 1. The molecule has 4 heteroatoms. The molecule has 1 spiro atoms. The molecule has 1 aliphatic carbocycles. The lowest BCUT2D eigenvalue weighted by Gasteiger charge is -2.50. The van der Waals surface area contributed by atoms with E-state index in [-0.39, 0.29) is 11.6 Å². The van der Waals surface area contributed by atoms with Gasteiger partial charge in [-0.25, -0.2) is 4.79 Å². The Kier molecular flexibility index (Phi) is 2.85. The quantitative estimate of drug-likeness (QED) is 0.756. The smallest absolute Gasteiger partial charge is 0.336 e. The van der Waals surface area contributed by atoms with Gasteiger partial charge in [0.2, 0.25) is 0 Å². The van der Waals surface area contributed by atoms with E-state index in [1.807, 2.05) is 6.92 Å². The first-order chi connectivity index (χ1) is 8.68. The number of hydrogen-bond acceptors (Lipinski definition) is 4. The van der Waals surface area contributed by atoms with Crippen LogP contribution in [0.4, 0.5) is 0 Å². The van der Waals surface area contributed by atoms with Gasteiger partial charge < -0.3 is 9.64 Å². The number of ether oxygens (including phenoxy) is 1. The van der Waals surface area contributed by atoms with Gasteiger partial charge in [0.15, 0.2) is 0 Å². The molecule has 1 N–H and O–H groups in total. The molecule has 0 aromatic carbocycles. The van der Waals surface area contributed by atoms with Crippen molar-refractivity contribution in [1.82, 2.24) is 10.2 Å². The minimum atomic E-state index is -0.0950. The van der Waals surface area contributed by atoms with Crippen LogP contribution in [0.15, 0.2) is 11.3 Å². The predicted octanol–water partition coefficient (Wildman–Crippen LogP) is 1.63. The largest absolute Gasteiger partial charge is 0.463 e. The van der Waals surface area contributed by atoms with Crippen molar-refractivity contribution >= 4 is 5.97 Å². The molecule has 3 aliphatic rings. The van der Waals surface area contributed by atoms with Crippen molar-refractivity contribution in [2.24, 2.45) is 5.92 Å².